The smallest absolute Gasteiger partial charge is 0.322 e. The SMILES string of the molecule is COC(=O)C(C)NC1CCCC(CC(C)C)C1. The zero-order chi connectivity index (χ0) is 12.8. The van der Waals surface area contributed by atoms with E-state index in [0.29, 0.717) is 6.04 Å². The molecule has 0 bridgehead atoms. The Morgan fingerprint density at radius 2 is 2.06 bits per heavy atom. The van der Waals surface area contributed by atoms with Gasteiger partial charge in [0.15, 0.2) is 0 Å². The maximum absolute atomic E-state index is 11.4. The second kappa shape index (κ2) is 7.00. The zero-order valence-corrected chi connectivity index (χ0v) is 11.7. The monoisotopic (exact) mass is 241 g/mol. The molecular formula is C14H27NO2. The van der Waals surface area contributed by atoms with E-state index in [4.69, 9.17) is 4.74 Å². The summed E-state index contributed by atoms with van der Waals surface area (Å²) in [5.74, 6) is 1.44. The highest BCUT2D eigenvalue weighted by Crippen LogP contribution is 2.29. The summed E-state index contributed by atoms with van der Waals surface area (Å²) in [5.41, 5.74) is 0. The van der Waals surface area contributed by atoms with Crippen LogP contribution in [0.15, 0.2) is 0 Å². The van der Waals surface area contributed by atoms with Crippen molar-refractivity contribution in [3.05, 3.63) is 0 Å². The quantitative estimate of drug-likeness (QED) is 0.752. The minimum atomic E-state index is -0.178. The molecule has 0 saturated heterocycles. The number of nitrogens with one attached hydrogen (secondary N) is 1. The van der Waals surface area contributed by atoms with Crippen molar-refractivity contribution in [2.24, 2.45) is 11.8 Å². The summed E-state index contributed by atoms with van der Waals surface area (Å²) >= 11 is 0. The zero-order valence-electron chi connectivity index (χ0n) is 11.7. The van der Waals surface area contributed by atoms with Gasteiger partial charge < -0.3 is 10.1 Å². The first kappa shape index (κ1) is 14.5. The number of hydrogen-bond donors (Lipinski definition) is 1. The minimum absolute atomic E-state index is 0.156. The topological polar surface area (TPSA) is 38.3 Å². The third kappa shape index (κ3) is 5.07. The number of ether oxygens (including phenoxy) is 1. The highest BCUT2D eigenvalue weighted by atomic mass is 16.5. The highest BCUT2D eigenvalue weighted by molar-refractivity contribution is 5.75. The van der Waals surface area contributed by atoms with Crippen molar-refractivity contribution in [1.82, 2.24) is 5.32 Å². The van der Waals surface area contributed by atoms with Crippen LogP contribution in [0.2, 0.25) is 0 Å². The van der Waals surface area contributed by atoms with Crippen LogP contribution in [0, 0.1) is 11.8 Å². The molecule has 3 unspecified atom stereocenters. The van der Waals surface area contributed by atoms with E-state index >= 15 is 0 Å². The lowest BCUT2D eigenvalue weighted by Gasteiger charge is -2.32. The maximum atomic E-state index is 11.4. The summed E-state index contributed by atoms with van der Waals surface area (Å²) in [6.45, 7) is 6.46. The van der Waals surface area contributed by atoms with Crippen molar-refractivity contribution in [3.8, 4) is 0 Å². The Morgan fingerprint density at radius 1 is 1.35 bits per heavy atom. The number of carbonyl (C=O) groups is 1. The predicted molar refractivity (Wildman–Crippen MR) is 69.8 cm³/mol. The maximum Gasteiger partial charge on any atom is 0.322 e. The van der Waals surface area contributed by atoms with Gasteiger partial charge in [0.1, 0.15) is 6.04 Å². The molecule has 0 aromatic rings. The fourth-order valence-electron chi connectivity index (χ4n) is 2.92. The number of carbonyl (C=O) groups excluding carboxylic acids is 1. The number of hydrogen-bond acceptors (Lipinski definition) is 3. The van der Waals surface area contributed by atoms with Gasteiger partial charge in [-0.25, -0.2) is 0 Å². The van der Waals surface area contributed by atoms with Crippen LogP contribution < -0.4 is 5.32 Å². The van der Waals surface area contributed by atoms with Gasteiger partial charge in [-0.3, -0.25) is 4.79 Å². The first-order chi connectivity index (χ1) is 8.02. The summed E-state index contributed by atoms with van der Waals surface area (Å²) in [6.07, 6.45) is 6.34. The normalized spacial score (nSPS) is 26.9. The lowest BCUT2D eigenvalue weighted by molar-refractivity contribution is -0.142. The van der Waals surface area contributed by atoms with E-state index in [2.05, 4.69) is 19.2 Å². The number of esters is 1. The summed E-state index contributed by atoms with van der Waals surface area (Å²) in [4.78, 5) is 11.4. The van der Waals surface area contributed by atoms with Gasteiger partial charge in [0.05, 0.1) is 7.11 Å². The van der Waals surface area contributed by atoms with Crippen LogP contribution in [0.1, 0.15) is 52.9 Å². The molecule has 3 atom stereocenters. The molecule has 1 fully saturated rings. The summed E-state index contributed by atoms with van der Waals surface area (Å²) < 4.78 is 4.74. The van der Waals surface area contributed by atoms with Gasteiger partial charge in [-0.05, 0) is 38.0 Å². The highest BCUT2D eigenvalue weighted by Gasteiger charge is 2.25. The van der Waals surface area contributed by atoms with Gasteiger partial charge in [-0.1, -0.05) is 26.7 Å². The van der Waals surface area contributed by atoms with Crippen molar-refractivity contribution in [1.29, 1.82) is 0 Å². The van der Waals surface area contributed by atoms with Crippen LogP contribution in [0.25, 0.3) is 0 Å². The average Bonchev–Trinajstić information content (AvgIpc) is 2.27. The van der Waals surface area contributed by atoms with E-state index in [1.165, 1.54) is 39.2 Å². The van der Waals surface area contributed by atoms with Crippen molar-refractivity contribution in [3.63, 3.8) is 0 Å². The van der Waals surface area contributed by atoms with Gasteiger partial charge in [0.25, 0.3) is 0 Å². The molecular weight excluding hydrogens is 214 g/mol. The molecule has 0 aliphatic heterocycles. The molecule has 1 saturated carbocycles. The van der Waals surface area contributed by atoms with Crippen LogP contribution in [-0.4, -0.2) is 25.2 Å². The van der Waals surface area contributed by atoms with Crippen LogP contribution in [0.5, 0.6) is 0 Å². The second-order valence-corrected chi connectivity index (χ2v) is 5.77. The Morgan fingerprint density at radius 3 is 2.65 bits per heavy atom. The van der Waals surface area contributed by atoms with Crippen molar-refractivity contribution >= 4 is 5.97 Å². The largest absolute Gasteiger partial charge is 0.468 e. The molecule has 3 nitrogen and oxygen atoms in total. The van der Waals surface area contributed by atoms with Gasteiger partial charge in [-0.2, -0.15) is 0 Å². The molecule has 0 aromatic heterocycles. The third-order valence-electron chi connectivity index (χ3n) is 3.63. The van der Waals surface area contributed by atoms with Gasteiger partial charge in [0.2, 0.25) is 0 Å². The Balaban J connectivity index is 2.36. The third-order valence-corrected chi connectivity index (χ3v) is 3.63. The average molecular weight is 241 g/mol. The Labute approximate surface area is 105 Å². The van der Waals surface area contributed by atoms with Crippen LogP contribution in [0.4, 0.5) is 0 Å². The fraction of sp³-hybridized carbons (Fsp3) is 0.929. The summed E-state index contributed by atoms with van der Waals surface area (Å²) in [5, 5.41) is 3.40. The number of rotatable bonds is 5. The molecule has 100 valence electrons. The summed E-state index contributed by atoms with van der Waals surface area (Å²) in [7, 11) is 1.45. The first-order valence-electron chi connectivity index (χ1n) is 6.86. The molecule has 1 N–H and O–H groups in total. The molecule has 1 rings (SSSR count). The minimum Gasteiger partial charge on any atom is -0.468 e. The standard InChI is InChI=1S/C14H27NO2/c1-10(2)8-12-6-5-7-13(9-12)15-11(3)14(16)17-4/h10-13,15H,5-9H2,1-4H3. The molecule has 3 heteroatoms. The van der Waals surface area contributed by atoms with E-state index in [1.54, 1.807) is 0 Å². The van der Waals surface area contributed by atoms with E-state index in [1.807, 2.05) is 6.92 Å². The molecule has 1 aliphatic carbocycles. The molecule has 0 radical (unpaired) electrons. The first-order valence-corrected chi connectivity index (χ1v) is 6.86. The van der Waals surface area contributed by atoms with Crippen molar-refractivity contribution in [2.45, 2.75) is 65.0 Å². The molecule has 0 spiro atoms. The lowest BCUT2D eigenvalue weighted by Crippen LogP contribution is -2.44. The molecule has 1 aliphatic rings. The van der Waals surface area contributed by atoms with Crippen molar-refractivity contribution < 1.29 is 9.53 Å². The molecule has 0 amide bonds. The second-order valence-electron chi connectivity index (χ2n) is 5.77. The fourth-order valence-corrected chi connectivity index (χ4v) is 2.92. The molecule has 17 heavy (non-hydrogen) atoms. The van der Waals surface area contributed by atoms with Gasteiger partial charge in [0, 0.05) is 6.04 Å². The van der Waals surface area contributed by atoms with E-state index in [0.717, 1.165) is 11.8 Å². The summed E-state index contributed by atoms with van der Waals surface area (Å²) in [6, 6.07) is 0.310. The predicted octanol–water partition coefficient (Wildman–Crippen LogP) is 2.74. The van der Waals surface area contributed by atoms with E-state index in [-0.39, 0.29) is 12.0 Å². The van der Waals surface area contributed by atoms with E-state index < -0.39 is 0 Å². The Hall–Kier alpha value is -0.570. The van der Waals surface area contributed by atoms with Crippen LogP contribution in [-0.2, 0) is 9.53 Å². The van der Waals surface area contributed by atoms with E-state index in [9.17, 15) is 4.79 Å². The van der Waals surface area contributed by atoms with Crippen LogP contribution in [0.3, 0.4) is 0 Å². The van der Waals surface area contributed by atoms with Crippen molar-refractivity contribution in [2.75, 3.05) is 7.11 Å². The molecule has 0 heterocycles. The lowest BCUT2D eigenvalue weighted by atomic mass is 9.81. The van der Waals surface area contributed by atoms with Crippen LogP contribution >= 0.6 is 0 Å². The van der Waals surface area contributed by atoms with Gasteiger partial charge in [-0.15, -0.1) is 0 Å². The molecule has 0 aromatic carbocycles. The van der Waals surface area contributed by atoms with Gasteiger partial charge >= 0.3 is 5.97 Å². The number of methoxy groups -OCH3 is 1. The Kier molecular flexibility index (Phi) is 5.96. The Bertz CT molecular complexity index is 240.